The van der Waals surface area contributed by atoms with Crippen LogP contribution in [0.1, 0.15) is 48.1 Å². The molecule has 0 spiro atoms. The molecule has 23 heavy (non-hydrogen) atoms. The zero-order valence-electron chi connectivity index (χ0n) is 13.1. The van der Waals surface area contributed by atoms with E-state index in [0.29, 0.717) is 11.0 Å². The average molecular weight is 355 g/mol. The SMILES string of the molecule is Cl.Nc1ncc(CN2CCC(c3nnc4n3CCCC4)CC2)s1. The van der Waals surface area contributed by atoms with Crippen molar-refractivity contribution in [2.75, 3.05) is 18.8 Å². The van der Waals surface area contributed by atoms with E-state index in [-0.39, 0.29) is 12.4 Å². The van der Waals surface area contributed by atoms with Crippen molar-refractivity contribution in [2.45, 2.75) is 51.1 Å². The smallest absolute Gasteiger partial charge is 0.180 e. The van der Waals surface area contributed by atoms with E-state index < -0.39 is 0 Å². The Bertz CT molecular complexity index is 646. The Morgan fingerprint density at radius 2 is 2.00 bits per heavy atom. The minimum atomic E-state index is 0. The Morgan fingerprint density at radius 1 is 1.17 bits per heavy atom. The number of aryl methyl sites for hydroxylation is 1. The lowest BCUT2D eigenvalue weighted by Crippen LogP contribution is -2.33. The van der Waals surface area contributed by atoms with Gasteiger partial charge >= 0.3 is 0 Å². The molecular formula is C15H23ClN6S. The summed E-state index contributed by atoms with van der Waals surface area (Å²) in [4.78, 5) is 7.89. The van der Waals surface area contributed by atoms with Crippen molar-refractivity contribution >= 4 is 28.9 Å². The van der Waals surface area contributed by atoms with Gasteiger partial charge < -0.3 is 10.3 Å². The van der Waals surface area contributed by atoms with E-state index in [0.717, 1.165) is 32.6 Å². The first-order valence-electron chi connectivity index (χ1n) is 8.14. The standard InChI is InChI=1S/C15H22N6S.ClH/c16-15-17-9-12(22-15)10-20-7-4-11(5-8-20)14-19-18-13-3-1-2-6-21(13)14;/h9,11H,1-8,10H2,(H2,16,17);1H. The van der Waals surface area contributed by atoms with Crippen LogP contribution in [0.5, 0.6) is 0 Å². The van der Waals surface area contributed by atoms with Gasteiger partial charge in [-0.2, -0.15) is 0 Å². The van der Waals surface area contributed by atoms with Crippen molar-refractivity contribution in [1.29, 1.82) is 0 Å². The zero-order valence-corrected chi connectivity index (χ0v) is 14.8. The Hall–Kier alpha value is -1.18. The molecule has 4 heterocycles. The summed E-state index contributed by atoms with van der Waals surface area (Å²) in [7, 11) is 0. The second kappa shape index (κ2) is 7.15. The Kier molecular flexibility index (Phi) is 5.18. The molecule has 2 aromatic heterocycles. The molecule has 0 radical (unpaired) electrons. The van der Waals surface area contributed by atoms with E-state index in [1.54, 1.807) is 11.3 Å². The molecular weight excluding hydrogens is 332 g/mol. The van der Waals surface area contributed by atoms with Gasteiger partial charge in [0.1, 0.15) is 11.6 Å². The molecule has 8 heteroatoms. The van der Waals surface area contributed by atoms with Crippen molar-refractivity contribution in [3.05, 3.63) is 22.7 Å². The van der Waals surface area contributed by atoms with Crippen LogP contribution in [-0.4, -0.2) is 37.7 Å². The van der Waals surface area contributed by atoms with Gasteiger partial charge in [0.15, 0.2) is 5.13 Å². The lowest BCUT2D eigenvalue weighted by atomic mass is 9.95. The number of piperidine rings is 1. The van der Waals surface area contributed by atoms with E-state index in [9.17, 15) is 0 Å². The summed E-state index contributed by atoms with van der Waals surface area (Å²) in [5.41, 5.74) is 5.71. The number of anilines is 1. The van der Waals surface area contributed by atoms with E-state index in [2.05, 4.69) is 24.6 Å². The molecule has 1 fully saturated rings. The molecule has 2 aliphatic heterocycles. The number of likely N-dealkylation sites (tertiary alicyclic amines) is 1. The number of halogens is 1. The van der Waals surface area contributed by atoms with Gasteiger partial charge in [-0.1, -0.05) is 0 Å². The monoisotopic (exact) mass is 354 g/mol. The highest BCUT2D eigenvalue weighted by Crippen LogP contribution is 2.30. The average Bonchev–Trinajstić information content (AvgIpc) is 3.14. The molecule has 0 aromatic carbocycles. The minimum Gasteiger partial charge on any atom is -0.375 e. The van der Waals surface area contributed by atoms with Crippen LogP contribution in [0.15, 0.2) is 6.20 Å². The maximum Gasteiger partial charge on any atom is 0.180 e. The van der Waals surface area contributed by atoms with Gasteiger partial charge in [0.2, 0.25) is 0 Å². The first-order chi connectivity index (χ1) is 10.8. The summed E-state index contributed by atoms with van der Waals surface area (Å²) >= 11 is 1.60. The number of thiazole rings is 1. The molecule has 2 aliphatic rings. The molecule has 0 unspecified atom stereocenters. The third kappa shape index (κ3) is 3.51. The molecule has 2 aromatic rings. The Balaban J connectivity index is 0.00000156. The highest BCUT2D eigenvalue weighted by Gasteiger charge is 2.27. The van der Waals surface area contributed by atoms with Crippen LogP contribution in [0.25, 0.3) is 0 Å². The van der Waals surface area contributed by atoms with E-state index in [1.165, 1.54) is 42.2 Å². The molecule has 0 saturated carbocycles. The van der Waals surface area contributed by atoms with E-state index >= 15 is 0 Å². The third-order valence-corrected chi connectivity index (χ3v) is 5.60. The van der Waals surface area contributed by atoms with Crippen molar-refractivity contribution in [3.8, 4) is 0 Å². The van der Waals surface area contributed by atoms with Crippen molar-refractivity contribution in [1.82, 2.24) is 24.6 Å². The minimum absolute atomic E-state index is 0. The number of hydrogen-bond donors (Lipinski definition) is 1. The first-order valence-corrected chi connectivity index (χ1v) is 8.96. The second-order valence-electron chi connectivity index (χ2n) is 6.30. The van der Waals surface area contributed by atoms with E-state index in [1.807, 2.05) is 6.20 Å². The number of aromatic nitrogens is 4. The molecule has 0 aliphatic carbocycles. The molecule has 1 saturated heterocycles. The predicted octanol–water partition coefficient (Wildman–Crippen LogP) is 2.45. The normalized spacial score (nSPS) is 19.3. The van der Waals surface area contributed by atoms with Gasteiger partial charge in [0.05, 0.1) is 0 Å². The number of nitrogen functional groups attached to an aromatic ring is 1. The van der Waals surface area contributed by atoms with Gasteiger partial charge in [-0.15, -0.1) is 33.9 Å². The molecule has 2 N–H and O–H groups in total. The zero-order chi connectivity index (χ0) is 14.9. The van der Waals surface area contributed by atoms with Gasteiger partial charge in [-0.3, -0.25) is 4.90 Å². The van der Waals surface area contributed by atoms with Gasteiger partial charge in [-0.05, 0) is 38.8 Å². The molecule has 0 atom stereocenters. The Labute approximate surface area is 146 Å². The summed E-state index contributed by atoms with van der Waals surface area (Å²) in [5, 5.41) is 9.57. The van der Waals surface area contributed by atoms with Gasteiger partial charge in [0.25, 0.3) is 0 Å². The number of nitrogens with two attached hydrogens (primary N) is 1. The summed E-state index contributed by atoms with van der Waals surface area (Å²) in [6, 6.07) is 0. The molecule has 6 nitrogen and oxygen atoms in total. The van der Waals surface area contributed by atoms with Crippen molar-refractivity contribution in [3.63, 3.8) is 0 Å². The van der Waals surface area contributed by atoms with Crippen LogP contribution in [0.4, 0.5) is 5.13 Å². The lowest BCUT2D eigenvalue weighted by molar-refractivity contribution is 0.201. The summed E-state index contributed by atoms with van der Waals surface area (Å²) in [6.45, 7) is 4.31. The fourth-order valence-electron chi connectivity index (χ4n) is 3.60. The molecule has 4 rings (SSSR count). The maximum absolute atomic E-state index is 5.71. The topological polar surface area (TPSA) is 72.9 Å². The molecule has 0 amide bonds. The molecule has 0 bridgehead atoms. The van der Waals surface area contributed by atoms with Crippen LogP contribution < -0.4 is 5.73 Å². The van der Waals surface area contributed by atoms with Crippen molar-refractivity contribution < 1.29 is 0 Å². The van der Waals surface area contributed by atoms with Crippen LogP contribution >= 0.6 is 23.7 Å². The van der Waals surface area contributed by atoms with Crippen molar-refractivity contribution in [2.24, 2.45) is 0 Å². The largest absolute Gasteiger partial charge is 0.375 e. The number of rotatable bonds is 3. The fourth-order valence-corrected chi connectivity index (χ4v) is 4.32. The number of hydrogen-bond acceptors (Lipinski definition) is 6. The van der Waals surface area contributed by atoms with Crippen LogP contribution in [-0.2, 0) is 19.5 Å². The van der Waals surface area contributed by atoms with Gasteiger partial charge in [0, 0.05) is 36.5 Å². The van der Waals surface area contributed by atoms with E-state index in [4.69, 9.17) is 5.73 Å². The lowest BCUT2D eigenvalue weighted by Gasteiger charge is -2.31. The van der Waals surface area contributed by atoms with Crippen LogP contribution in [0, 0.1) is 0 Å². The third-order valence-electron chi connectivity index (χ3n) is 4.79. The van der Waals surface area contributed by atoms with Crippen LogP contribution in [0.3, 0.4) is 0 Å². The summed E-state index contributed by atoms with van der Waals surface area (Å²) in [6.07, 6.45) is 7.87. The highest BCUT2D eigenvalue weighted by atomic mass is 35.5. The Morgan fingerprint density at radius 3 is 2.74 bits per heavy atom. The quantitative estimate of drug-likeness (QED) is 0.916. The summed E-state index contributed by atoms with van der Waals surface area (Å²) < 4.78 is 2.38. The maximum atomic E-state index is 5.71. The number of nitrogens with zero attached hydrogens (tertiary/aromatic N) is 5. The molecule has 126 valence electrons. The number of fused-ring (bicyclic) bond motifs is 1. The highest BCUT2D eigenvalue weighted by molar-refractivity contribution is 7.15. The first kappa shape index (κ1) is 16.7. The summed E-state index contributed by atoms with van der Waals surface area (Å²) in [5.74, 6) is 3.00. The fraction of sp³-hybridized carbons (Fsp3) is 0.667. The van der Waals surface area contributed by atoms with Gasteiger partial charge in [-0.25, -0.2) is 4.98 Å². The second-order valence-corrected chi connectivity index (χ2v) is 7.45. The predicted molar refractivity (Wildman–Crippen MR) is 94.0 cm³/mol. The van der Waals surface area contributed by atoms with Crippen LogP contribution in [0.2, 0.25) is 0 Å².